The van der Waals surface area contributed by atoms with E-state index in [0.29, 0.717) is 28.8 Å². The molecule has 1 amide bonds. The summed E-state index contributed by atoms with van der Waals surface area (Å²) in [5.41, 5.74) is 2.28. The number of carboxylic acid groups (broad SMARTS) is 1. The van der Waals surface area contributed by atoms with Gasteiger partial charge in [-0.05, 0) is 68.7 Å². The third kappa shape index (κ3) is 6.76. The van der Waals surface area contributed by atoms with Crippen molar-refractivity contribution in [1.29, 1.82) is 0 Å². The normalized spacial score (nSPS) is 11.7. The quantitative estimate of drug-likeness (QED) is 0.433. The van der Waals surface area contributed by atoms with E-state index in [2.05, 4.69) is 10.0 Å². The van der Waals surface area contributed by atoms with Crippen molar-refractivity contribution < 1.29 is 23.1 Å². The Morgan fingerprint density at radius 2 is 1.59 bits per heavy atom. The second kappa shape index (κ2) is 10.2. The van der Waals surface area contributed by atoms with Gasteiger partial charge in [-0.3, -0.25) is 9.59 Å². The van der Waals surface area contributed by atoms with E-state index in [0.717, 1.165) is 5.56 Å². The van der Waals surface area contributed by atoms with E-state index in [1.54, 1.807) is 93.6 Å². The maximum Gasteiger partial charge on any atom is 0.303 e. The minimum atomic E-state index is -3.78. The average Bonchev–Trinajstić information content (AvgIpc) is 2.77. The van der Waals surface area contributed by atoms with Gasteiger partial charge in [0.1, 0.15) is 0 Å². The molecule has 0 aliphatic rings. The number of hydrogen-bond donors (Lipinski definition) is 3. The first-order valence-electron chi connectivity index (χ1n) is 10.8. The second-order valence-electron chi connectivity index (χ2n) is 8.98. The number of hydrogen-bond acceptors (Lipinski definition) is 4. The summed E-state index contributed by atoms with van der Waals surface area (Å²) >= 11 is 0. The van der Waals surface area contributed by atoms with Gasteiger partial charge in [-0.2, -0.15) is 0 Å². The first-order chi connectivity index (χ1) is 15.9. The Morgan fingerprint density at radius 1 is 0.912 bits per heavy atom. The summed E-state index contributed by atoms with van der Waals surface area (Å²) in [6.45, 7) is 5.32. The number of amides is 1. The standard InChI is InChI=1S/C26H28N2O5S/c1-26(2,3)28-34(32,33)23-10-5-4-9-22(23)19-7-6-8-20(17-19)25(31)27-21-14-11-18(12-15-21)13-16-24(29)30/h4-12,14-15,17,28H,13,16H2,1-3H3,(H,27,31)(H,29,30). The number of carbonyl (C=O) groups excluding carboxylic acids is 1. The summed E-state index contributed by atoms with van der Waals surface area (Å²) in [4.78, 5) is 23.7. The molecule has 0 aliphatic heterocycles. The molecule has 0 saturated carbocycles. The Labute approximate surface area is 199 Å². The lowest BCUT2D eigenvalue weighted by atomic mass is 10.0. The molecule has 8 heteroatoms. The van der Waals surface area contributed by atoms with Crippen molar-refractivity contribution in [2.24, 2.45) is 0 Å². The summed E-state index contributed by atoms with van der Waals surface area (Å²) in [6.07, 6.45) is 0.457. The highest BCUT2D eigenvalue weighted by atomic mass is 32.2. The molecule has 0 fully saturated rings. The summed E-state index contributed by atoms with van der Waals surface area (Å²) in [5, 5.41) is 11.6. The second-order valence-corrected chi connectivity index (χ2v) is 10.6. The molecule has 0 unspecified atom stereocenters. The molecule has 3 aromatic carbocycles. The first-order valence-corrected chi connectivity index (χ1v) is 12.3. The lowest BCUT2D eigenvalue weighted by Crippen LogP contribution is -2.40. The fourth-order valence-electron chi connectivity index (χ4n) is 3.43. The van der Waals surface area contributed by atoms with Gasteiger partial charge >= 0.3 is 5.97 Å². The van der Waals surface area contributed by atoms with Gasteiger partial charge in [0, 0.05) is 28.8 Å². The molecule has 3 N–H and O–H groups in total. The molecule has 0 radical (unpaired) electrons. The van der Waals surface area contributed by atoms with Gasteiger partial charge in [-0.25, -0.2) is 13.1 Å². The number of carbonyl (C=O) groups is 2. The first kappa shape index (κ1) is 25.1. The molecule has 3 rings (SSSR count). The molecule has 0 atom stereocenters. The van der Waals surface area contributed by atoms with Gasteiger partial charge in [-0.1, -0.05) is 42.5 Å². The smallest absolute Gasteiger partial charge is 0.303 e. The van der Waals surface area contributed by atoms with Crippen LogP contribution in [-0.4, -0.2) is 30.9 Å². The highest BCUT2D eigenvalue weighted by Crippen LogP contribution is 2.29. The van der Waals surface area contributed by atoms with Gasteiger partial charge < -0.3 is 10.4 Å². The van der Waals surface area contributed by atoms with Gasteiger partial charge in [0.25, 0.3) is 5.91 Å². The summed E-state index contributed by atoms with van der Waals surface area (Å²) in [6, 6.07) is 20.5. The minimum absolute atomic E-state index is 0.0426. The van der Waals surface area contributed by atoms with Gasteiger partial charge in [0.05, 0.1) is 4.90 Å². The zero-order valence-corrected chi connectivity index (χ0v) is 20.1. The molecule has 0 aromatic heterocycles. The molecule has 0 heterocycles. The number of carboxylic acids is 1. The molecular formula is C26H28N2O5S. The van der Waals surface area contributed by atoms with Crippen molar-refractivity contribution in [3.8, 4) is 11.1 Å². The van der Waals surface area contributed by atoms with Crippen molar-refractivity contribution in [1.82, 2.24) is 4.72 Å². The van der Waals surface area contributed by atoms with E-state index in [1.165, 1.54) is 0 Å². The van der Waals surface area contributed by atoms with Crippen LogP contribution in [0, 0.1) is 0 Å². The molecule has 0 spiro atoms. The SMILES string of the molecule is CC(C)(C)NS(=O)(=O)c1ccccc1-c1cccc(C(=O)Nc2ccc(CCC(=O)O)cc2)c1. The van der Waals surface area contributed by atoms with Crippen LogP contribution in [0.1, 0.15) is 43.1 Å². The van der Waals surface area contributed by atoms with E-state index in [9.17, 15) is 18.0 Å². The van der Waals surface area contributed by atoms with Crippen molar-refractivity contribution in [3.63, 3.8) is 0 Å². The van der Waals surface area contributed by atoms with Crippen LogP contribution in [0.2, 0.25) is 0 Å². The van der Waals surface area contributed by atoms with Crippen molar-refractivity contribution in [2.75, 3.05) is 5.32 Å². The highest BCUT2D eigenvalue weighted by molar-refractivity contribution is 7.89. The lowest BCUT2D eigenvalue weighted by Gasteiger charge is -2.21. The van der Waals surface area contributed by atoms with Gasteiger partial charge in [0.15, 0.2) is 0 Å². The van der Waals surface area contributed by atoms with E-state index in [-0.39, 0.29) is 17.2 Å². The zero-order chi connectivity index (χ0) is 24.9. The van der Waals surface area contributed by atoms with Crippen LogP contribution in [0.3, 0.4) is 0 Å². The van der Waals surface area contributed by atoms with Crippen molar-refractivity contribution in [2.45, 2.75) is 44.0 Å². The molecule has 7 nitrogen and oxygen atoms in total. The fraction of sp³-hybridized carbons (Fsp3) is 0.231. The predicted octanol–water partition coefficient (Wildman–Crippen LogP) is 4.70. The Kier molecular flexibility index (Phi) is 7.54. The number of benzene rings is 3. The highest BCUT2D eigenvalue weighted by Gasteiger charge is 2.25. The number of rotatable bonds is 8. The number of aryl methyl sites for hydroxylation is 1. The predicted molar refractivity (Wildman–Crippen MR) is 132 cm³/mol. The maximum absolute atomic E-state index is 13.0. The maximum atomic E-state index is 13.0. The zero-order valence-electron chi connectivity index (χ0n) is 19.3. The molecule has 0 saturated heterocycles. The molecule has 3 aromatic rings. The van der Waals surface area contributed by atoms with Crippen LogP contribution < -0.4 is 10.0 Å². The largest absolute Gasteiger partial charge is 0.481 e. The van der Waals surface area contributed by atoms with Crippen LogP contribution >= 0.6 is 0 Å². The third-order valence-corrected chi connectivity index (χ3v) is 6.71. The number of nitrogens with one attached hydrogen (secondary N) is 2. The molecule has 0 aliphatic carbocycles. The fourth-order valence-corrected chi connectivity index (χ4v) is 5.08. The lowest BCUT2D eigenvalue weighted by molar-refractivity contribution is -0.136. The summed E-state index contributed by atoms with van der Waals surface area (Å²) in [7, 11) is -3.78. The van der Waals surface area contributed by atoms with Crippen LogP contribution in [0.25, 0.3) is 11.1 Å². The number of aliphatic carboxylic acids is 1. The molecular weight excluding hydrogens is 452 g/mol. The number of anilines is 1. The van der Waals surface area contributed by atoms with Gasteiger partial charge in [0.2, 0.25) is 10.0 Å². The third-order valence-electron chi connectivity index (χ3n) is 4.89. The van der Waals surface area contributed by atoms with Gasteiger partial charge in [-0.15, -0.1) is 0 Å². The molecule has 0 bridgehead atoms. The van der Waals surface area contributed by atoms with E-state index >= 15 is 0 Å². The molecule has 34 heavy (non-hydrogen) atoms. The molecule has 178 valence electrons. The Morgan fingerprint density at radius 3 is 2.24 bits per heavy atom. The van der Waals surface area contributed by atoms with Crippen LogP contribution in [0.15, 0.2) is 77.7 Å². The summed E-state index contributed by atoms with van der Waals surface area (Å²) < 4.78 is 28.7. The van der Waals surface area contributed by atoms with Crippen LogP contribution in [0.5, 0.6) is 0 Å². The van der Waals surface area contributed by atoms with E-state index < -0.39 is 21.5 Å². The van der Waals surface area contributed by atoms with Crippen LogP contribution in [-0.2, 0) is 21.2 Å². The number of sulfonamides is 1. The van der Waals surface area contributed by atoms with E-state index in [1.807, 2.05) is 0 Å². The Bertz CT molecular complexity index is 1290. The Hall–Kier alpha value is -3.49. The summed E-state index contributed by atoms with van der Waals surface area (Å²) in [5.74, 6) is -1.20. The monoisotopic (exact) mass is 480 g/mol. The van der Waals surface area contributed by atoms with Crippen molar-refractivity contribution >= 4 is 27.6 Å². The minimum Gasteiger partial charge on any atom is -0.481 e. The van der Waals surface area contributed by atoms with Crippen LogP contribution in [0.4, 0.5) is 5.69 Å². The van der Waals surface area contributed by atoms with Crippen molar-refractivity contribution in [3.05, 3.63) is 83.9 Å². The average molecular weight is 481 g/mol. The topological polar surface area (TPSA) is 113 Å². The Balaban J connectivity index is 1.83. The van der Waals surface area contributed by atoms with E-state index in [4.69, 9.17) is 5.11 Å².